The molecular weight excluding hydrogens is 233 g/mol. The van der Waals surface area contributed by atoms with Gasteiger partial charge in [-0.25, -0.2) is 0 Å². The van der Waals surface area contributed by atoms with Crippen molar-refractivity contribution >= 4 is 17.6 Å². The lowest BCUT2D eigenvalue weighted by atomic mass is 9.99. The van der Waals surface area contributed by atoms with E-state index in [4.69, 9.17) is 16.7 Å². The van der Waals surface area contributed by atoms with Crippen molar-refractivity contribution < 1.29 is 23.1 Å². The standard InChI is InChI=1S/C9H6ClF3O2/c10-6-3-1-5(2-4-6)7(8(14)15)9(11,12)13/h1-4,7H,(H,14,15). The fraction of sp³-hybridized carbons (Fsp3) is 0.222. The van der Waals surface area contributed by atoms with Crippen molar-refractivity contribution in [3.8, 4) is 0 Å². The number of hydrogen-bond acceptors (Lipinski definition) is 1. The van der Waals surface area contributed by atoms with Crippen LogP contribution in [0.2, 0.25) is 5.02 Å². The van der Waals surface area contributed by atoms with Gasteiger partial charge in [0.25, 0.3) is 0 Å². The average Bonchev–Trinajstić information content (AvgIpc) is 2.05. The Morgan fingerprint density at radius 1 is 1.27 bits per heavy atom. The van der Waals surface area contributed by atoms with Crippen LogP contribution in [0.25, 0.3) is 0 Å². The van der Waals surface area contributed by atoms with Crippen LogP contribution in [0.3, 0.4) is 0 Å². The van der Waals surface area contributed by atoms with Crippen LogP contribution in [0.5, 0.6) is 0 Å². The van der Waals surface area contributed by atoms with E-state index < -0.39 is 18.1 Å². The molecule has 0 aliphatic rings. The minimum absolute atomic E-state index is 0.255. The molecule has 15 heavy (non-hydrogen) atoms. The molecule has 0 radical (unpaired) electrons. The molecule has 1 unspecified atom stereocenters. The highest BCUT2D eigenvalue weighted by molar-refractivity contribution is 6.30. The number of aliphatic carboxylic acids is 1. The molecule has 0 aliphatic carbocycles. The van der Waals surface area contributed by atoms with Gasteiger partial charge in [0, 0.05) is 5.02 Å². The van der Waals surface area contributed by atoms with Crippen molar-refractivity contribution in [3.05, 3.63) is 34.9 Å². The summed E-state index contributed by atoms with van der Waals surface area (Å²) in [5.74, 6) is -4.43. The first-order valence-corrected chi connectivity index (χ1v) is 4.25. The summed E-state index contributed by atoms with van der Waals surface area (Å²) in [4.78, 5) is 10.5. The number of alkyl halides is 3. The molecule has 82 valence electrons. The molecule has 1 aromatic rings. The molecule has 1 N–H and O–H groups in total. The van der Waals surface area contributed by atoms with Gasteiger partial charge in [-0.15, -0.1) is 0 Å². The Kier molecular flexibility index (Phi) is 3.24. The van der Waals surface area contributed by atoms with Gasteiger partial charge in [-0.05, 0) is 17.7 Å². The third-order valence-electron chi connectivity index (χ3n) is 1.78. The normalized spacial score (nSPS) is 13.6. The van der Waals surface area contributed by atoms with Crippen LogP contribution >= 0.6 is 11.6 Å². The number of benzene rings is 1. The second-order valence-corrected chi connectivity index (χ2v) is 3.30. The lowest BCUT2D eigenvalue weighted by Crippen LogP contribution is -2.28. The van der Waals surface area contributed by atoms with E-state index in [0.717, 1.165) is 12.1 Å². The molecule has 6 heteroatoms. The Labute approximate surface area is 88.3 Å². The first kappa shape index (κ1) is 11.8. The van der Waals surface area contributed by atoms with Gasteiger partial charge in [-0.2, -0.15) is 13.2 Å². The molecule has 0 aliphatic heterocycles. The van der Waals surface area contributed by atoms with Gasteiger partial charge in [0.15, 0.2) is 5.92 Å². The van der Waals surface area contributed by atoms with Crippen molar-refractivity contribution in [2.45, 2.75) is 12.1 Å². The zero-order valence-corrected chi connectivity index (χ0v) is 8.01. The van der Waals surface area contributed by atoms with Gasteiger partial charge in [-0.1, -0.05) is 23.7 Å². The van der Waals surface area contributed by atoms with E-state index >= 15 is 0 Å². The van der Waals surface area contributed by atoms with Gasteiger partial charge in [0.1, 0.15) is 0 Å². The summed E-state index contributed by atoms with van der Waals surface area (Å²) in [6.45, 7) is 0. The van der Waals surface area contributed by atoms with E-state index in [9.17, 15) is 18.0 Å². The van der Waals surface area contributed by atoms with Crippen LogP contribution in [-0.2, 0) is 4.79 Å². The first-order chi connectivity index (χ1) is 6.82. The largest absolute Gasteiger partial charge is 0.481 e. The quantitative estimate of drug-likeness (QED) is 0.860. The smallest absolute Gasteiger partial charge is 0.406 e. The minimum atomic E-state index is -4.81. The van der Waals surface area contributed by atoms with Crippen LogP contribution in [0.1, 0.15) is 11.5 Å². The molecular formula is C9H6ClF3O2. The number of carbonyl (C=O) groups is 1. The highest BCUT2D eigenvalue weighted by Crippen LogP contribution is 2.35. The Balaban J connectivity index is 3.11. The molecule has 1 aromatic carbocycles. The summed E-state index contributed by atoms with van der Waals surface area (Å²) < 4.78 is 37.0. The van der Waals surface area contributed by atoms with Crippen molar-refractivity contribution in [2.75, 3.05) is 0 Å². The summed E-state index contributed by atoms with van der Waals surface area (Å²) in [5.41, 5.74) is -0.334. The van der Waals surface area contributed by atoms with E-state index in [-0.39, 0.29) is 10.6 Å². The zero-order chi connectivity index (χ0) is 11.6. The molecule has 0 spiro atoms. The summed E-state index contributed by atoms with van der Waals surface area (Å²) in [6, 6.07) is 4.54. The summed E-state index contributed by atoms with van der Waals surface area (Å²) in [6.07, 6.45) is -4.81. The van der Waals surface area contributed by atoms with E-state index in [1.807, 2.05) is 0 Å². The first-order valence-electron chi connectivity index (χ1n) is 3.87. The van der Waals surface area contributed by atoms with E-state index in [1.165, 1.54) is 12.1 Å². The molecule has 0 saturated heterocycles. The molecule has 2 nitrogen and oxygen atoms in total. The second kappa shape index (κ2) is 4.10. The maximum atomic E-state index is 12.3. The summed E-state index contributed by atoms with van der Waals surface area (Å²) in [7, 11) is 0. The SMILES string of the molecule is O=C(O)C(c1ccc(Cl)cc1)C(F)(F)F. The highest BCUT2D eigenvalue weighted by Gasteiger charge is 2.46. The fourth-order valence-electron chi connectivity index (χ4n) is 1.13. The zero-order valence-electron chi connectivity index (χ0n) is 7.25. The summed E-state index contributed by atoms with van der Waals surface area (Å²) >= 11 is 5.48. The van der Waals surface area contributed by atoms with Crippen LogP contribution in [0.15, 0.2) is 24.3 Å². The monoisotopic (exact) mass is 238 g/mol. The third-order valence-corrected chi connectivity index (χ3v) is 2.03. The number of carboxylic acid groups (broad SMARTS) is 1. The number of halogens is 4. The molecule has 0 bridgehead atoms. The maximum Gasteiger partial charge on any atom is 0.406 e. The van der Waals surface area contributed by atoms with Crippen LogP contribution in [0, 0.1) is 0 Å². The van der Waals surface area contributed by atoms with Gasteiger partial charge in [0.05, 0.1) is 0 Å². The predicted octanol–water partition coefficient (Wildman–Crippen LogP) is 3.07. The van der Waals surface area contributed by atoms with Gasteiger partial charge < -0.3 is 5.11 Å². The Hall–Kier alpha value is -1.23. The van der Waals surface area contributed by atoms with E-state index in [0.29, 0.717) is 0 Å². The number of carboxylic acids is 1. The molecule has 0 amide bonds. The molecule has 1 rings (SSSR count). The maximum absolute atomic E-state index is 12.3. The molecule has 0 fully saturated rings. The number of rotatable bonds is 2. The number of hydrogen-bond donors (Lipinski definition) is 1. The third kappa shape index (κ3) is 2.86. The minimum Gasteiger partial charge on any atom is -0.481 e. The molecule has 1 atom stereocenters. The predicted molar refractivity (Wildman–Crippen MR) is 47.9 cm³/mol. The topological polar surface area (TPSA) is 37.3 Å². The molecule has 0 aromatic heterocycles. The Morgan fingerprint density at radius 3 is 2.07 bits per heavy atom. The lowest BCUT2D eigenvalue weighted by molar-refractivity contribution is -0.176. The Bertz CT molecular complexity index is 359. The highest BCUT2D eigenvalue weighted by atomic mass is 35.5. The van der Waals surface area contributed by atoms with Crippen LogP contribution in [-0.4, -0.2) is 17.3 Å². The van der Waals surface area contributed by atoms with Gasteiger partial charge >= 0.3 is 12.1 Å². The van der Waals surface area contributed by atoms with E-state index in [1.54, 1.807) is 0 Å². The Morgan fingerprint density at radius 2 is 1.73 bits per heavy atom. The van der Waals surface area contributed by atoms with Crippen molar-refractivity contribution in [3.63, 3.8) is 0 Å². The average molecular weight is 239 g/mol. The lowest BCUT2D eigenvalue weighted by Gasteiger charge is -2.16. The molecule has 0 saturated carbocycles. The molecule has 0 heterocycles. The van der Waals surface area contributed by atoms with Crippen LogP contribution in [0.4, 0.5) is 13.2 Å². The fourth-order valence-corrected chi connectivity index (χ4v) is 1.25. The second-order valence-electron chi connectivity index (χ2n) is 2.86. The summed E-state index contributed by atoms with van der Waals surface area (Å²) in [5, 5.41) is 8.73. The van der Waals surface area contributed by atoms with Crippen molar-refractivity contribution in [1.29, 1.82) is 0 Å². The van der Waals surface area contributed by atoms with Crippen molar-refractivity contribution in [1.82, 2.24) is 0 Å². The van der Waals surface area contributed by atoms with E-state index in [2.05, 4.69) is 0 Å². The van der Waals surface area contributed by atoms with Crippen molar-refractivity contribution in [2.24, 2.45) is 0 Å². The van der Waals surface area contributed by atoms with Gasteiger partial charge in [0.2, 0.25) is 0 Å². The van der Waals surface area contributed by atoms with Gasteiger partial charge in [-0.3, -0.25) is 4.79 Å². The van der Waals surface area contributed by atoms with Crippen LogP contribution < -0.4 is 0 Å².